The number of unbranched alkanes of at least 4 members (excludes halogenated alkanes) is 12. The van der Waals surface area contributed by atoms with Gasteiger partial charge in [-0.05, 0) is 0 Å². The van der Waals surface area contributed by atoms with Crippen LogP contribution in [-0.4, -0.2) is 0 Å². The van der Waals surface area contributed by atoms with Crippen molar-refractivity contribution in [3.8, 4) is 0 Å². The smallest absolute Gasteiger partial charge is 0.0655 e. The Hall–Kier alpha value is 0.948. The second-order valence-electron chi connectivity index (χ2n) is 5.92. The SMILES string of the molecule is CCCCCCCCCCCCCC[CH2][W+4].O=P([O-])([O-])OP(=O)([O-])[O-]. The van der Waals surface area contributed by atoms with Gasteiger partial charge in [0.1, 0.15) is 0 Å². The van der Waals surface area contributed by atoms with Crippen LogP contribution in [-0.2, 0) is 33.3 Å². The third-order valence-electron chi connectivity index (χ3n) is 3.45. The topological polar surface area (TPSA) is 136 Å². The van der Waals surface area contributed by atoms with Gasteiger partial charge in [0.05, 0.1) is 15.6 Å². The Morgan fingerprint density at radius 2 is 0.920 bits per heavy atom. The van der Waals surface area contributed by atoms with Crippen LogP contribution in [0.15, 0.2) is 0 Å². The zero-order valence-electron chi connectivity index (χ0n) is 15.1. The van der Waals surface area contributed by atoms with E-state index in [0.717, 1.165) is 0 Å². The van der Waals surface area contributed by atoms with E-state index >= 15 is 0 Å². The molecule has 149 valence electrons. The molecule has 0 aromatic rings. The second-order valence-corrected chi connectivity index (χ2v) is 9.83. The zero-order valence-corrected chi connectivity index (χ0v) is 19.8. The van der Waals surface area contributed by atoms with Gasteiger partial charge in [-0.15, -0.1) is 0 Å². The van der Waals surface area contributed by atoms with Gasteiger partial charge in [-0.25, -0.2) is 0 Å². The Labute approximate surface area is 163 Å². The molecular weight excluding hydrogens is 538 g/mol. The minimum absolute atomic E-state index is 1.37. The Balaban J connectivity index is 0. The molecule has 25 heavy (non-hydrogen) atoms. The Morgan fingerprint density at radius 1 is 0.640 bits per heavy atom. The van der Waals surface area contributed by atoms with E-state index in [0.29, 0.717) is 0 Å². The molecule has 0 aromatic heterocycles. The van der Waals surface area contributed by atoms with Gasteiger partial charge in [0.2, 0.25) is 0 Å². The van der Waals surface area contributed by atoms with Crippen molar-refractivity contribution in [2.45, 2.75) is 95.2 Å². The molecule has 0 aliphatic rings. The van der Waals surface area contributed by atoms with Gasteiger partial charge in [-0.3, -0.25) is 0 Å². The Bertz CT molecular complexity index is 337. The van der Waals surface area contributed by atoms with Crippen LogP contribution >= 0.6 is 15.6 Å². The summed E-state index contributed by atoms with van der Waals surface area (Å²) in [6.45, 7) is 2.29. The third kappa shape index (κ3) is 33.0. The summed E-state index contributed by atoms with van der Waals surface area (Å²) in [6.07, 6.45) is 19.2. The van der Waals surface area contributed by atoms with Crippen molar-refractivity contribution >= 4 is 15.6 Å². The van der Waals surface area contributed by atoms with Gasteiger partial charge in [0.15, 0.2) is 0 Å². The van der Waals surface area contributed by atoms with Gasteiger partial charge in [-0.1, -0.05) is 19.8 Å². The van der Waals surface area contributed by atoms with Crippen molar-refractivity contribution in [1.82, 2.24) is 0 Å². The molecule has 0 aliphatic heterocycles. The average molecular weight is 569 g/mol. The summed E-state index contributed by atoms with van der Waals surface area (Å²) in [7, 11) is -11.4. The number of hydrogen-bond acceptors (Lipinski definition) is 7. The monoisotopic (exact) mass is 569 g/mol. The van der Waals surface area contributed by atoms with E-state index in [1.54, 1.807) is 19.8 Å². The van der Waals surface area contributed by atoms with Crippen molar-refractivity contribution in [3.05, 3.63) is 0 Å². The molecule has 0 spiro atoms. The van der Waals surface area contributed by atoms with Crippen molar-refractivity contribution in [2.75, 3.05) is 0 Å². The first-order valence-electron chi connectivity index (χ1n) is 8.96. The van der Waals surface area contributed by atoms with E-state index in [9.17, 15) is 28.7 Å². The van der Waals surface area contributed by atoms with E-state index in [-0.39, 0.29) is 0 Å². The van der Waals surface area contributed by atoms with Gasteiger partial charge >= 0.3 is 95.3 Å². The van der Waals surface area contributed by atoms with Gasteiger partial charge in [-0.2, -0.15) is 0 Å². The van der Waals surface area contributed by atoms with E-state index in [2.05, 4.69) is 11.2 Å². The van der Waals surface area contributed by atoms with Crippen molar-refractivity contribution in [3.63, 3.8) is 0 Å². The zero-order chi connectivity index (χ0) is 19.6. The Kier molecular flexibility index (Phi) is 20.6. The van der Waals surface area contributed by atoms with Crippen LogP contribution in [0.4, 0.5) is 0 Å². The molecular formula is C15H31O7P2W. The van der Waals surface area contributed by atoms with Crippen LogP contribution in [0.1, 0.15) is 90.4 Å². The summed E-state index contributed by atoms with van der Waals surface area (Å²) in [5.41, 5.74) is 0. The summed E-state index contributed by atoms with van der Waals surface area (Å²) in [5, 5.41) is 0. The Morgan fingerprint density at radius 3 is 1.12 bits per heavy atom. The predicted octanol–water partition coefficient (Wildman–Crippen LogP) is 2.70. The number of hydrogen-bond donors (Lipinski definition) is 0. The van der Waals surface area contributed by atoms with Crippen LogP contribution < -0.4 is 19.6 Å². The van der Waals surface area contributed by atoms with E-state index in [1.807, 2.05) is 0 Å². The first-order chi connectivity index (χ1) is 11.6. The van der Waals surface area contributed by atoms with Crippen LogP contribution in [0.25, 0.3) is 0 Å². The average Bonchev–Trinajstić information content (AvgIpc) is 2.45. The van der Waals surface area contributed by atoms with Gasteiger partial charge in [0.25, 0.3) is 0 Å². The second kappa shape index (κ2) is 18.3. The molecule has 0 radical (unpaired) electrons. The normalized spacial score (nSPS) is 12.0. The maximum Gasteiger partial charge on any atom is 0.0655 e. The predicted molar refractivity (Wildman–Crippen MR) is 86.8 cm³/mol. The molecule has 0 bridgehead atoms. The minimum atomic E-state index is -5.68. The first-order valence-corrected chi connectivity index (χ1v) is 14.0. The molecule has 0 atom stereocenters. The summed E-state index contributed by atoms with van der Waals surface area (Å²) < 4.78 is 21.2. The molecule has 10 heteroatoms. The molecule has 7 nitrogen and oxygen atoms in total. The number of phosphoric acid groups is 2. The third-order valence-corrected chi connectivity index (χ3v) is 6.09. The maximum absolute atomic E-state index is 9.32. The molecule has 0 aromatic carbocycles. The molecule has 0 N–H and O–H groups in total. The van der Waals surface area contributed by atoms with Crippen LogP contribution in [0.2, 0.25) is 4.81 Å². The minimum Gasteiger partial charge on any atom is -0.790 e. The molecule has 0 saturated carbocycles. The fourth-order valence-corrected chi connectivity index (χ4v) is 3.96. The summed E-state index contributed by atoms with van der Waals surface area (Å²) in [4.78, 5) is 38.8. The molecule has 0 fully saturated rings. The summed E-state index contributed by atoms with van der Waals surface area (Å²) in [5.74, 6) is 0. The fraction of sp³-hybridized carbons (Fsp3) is 1.00. The van der Waals surface area contributed by atoms with Crippen molar-refractivity contribution in [1.29, 1.82) is 0 Å². The van der Waals surface area contributed by atoms with Crippen LogP contribution in [0.3, 0.4) is 0 Å². The molecule has 0 amide bonds. The van der Waals surface area contributed by atoms with E-state index in [1.165, 1.54) is 88.3 Å². The largest absolute Gasteiger partial charge is 0.790 e. The molecule has 0 saturated heterocycles. The molecule has 0 rings (SSSR count). The molecule has 0 heterocycles. The molecule has 0 aliphatic carbocycles. The first kappa shape index (κ1) is 28.2. The fourth-order valence-electron chi connectivity index (χ4n) is 2.24. The van der Waals surface area contributed by atoms with Crippen molar-refractivity contribution < 1.29 is 52.8 Å². The van der Waals surface area contributed by atoms with Gasteiger partial charge < -0.3 is 33.0 Å². The quantitative estimate of drug-likeness (QED) is 0.219. The van der Waals surface area contributed by atoms with Crippen LogP contribution in [0.5, 0.6) is 0 Å². The summed E-state index contributed by atoms with van der Waals surface area (Å²) >= 11 is 1.76. The maximum atomic E-state index is 9.32. The van der Waals surface area contributed by atoms with Crippen molar-refractivity contribution in [2.24, 2.45) is 0 Å². The van der Waals surface area contributed by atoms with E-state index in [4.69, 9.17) is 0 Å². The van der Waals surface area contributed by atoms with E-state index < -0.39 is 15.6 Å². The summed E-state index contributed by atoms with van der Waals surface area (Å²) in [6, 6.07) is 0. The van der Waals surface area contributed by atoms with Crippen LogP contribution in [0, 0.1) is 0 Å². The molecule has 0 unspecified atom stereocenters. The standard InChI is InChI=1S/C15H31.H4O7P2.W/c1-3-5-7-9-11-13-15-14-12-10-8-6-4-2;1-8(2,3)7-9(4,5)6;/h1,3-15H2,2H3;(H2,1,2,3)(H2,4,5,6);/q;;+4/p-4. The van der Waals surface area contributed by atoms with Gasteiger partial charge in [0, 0.05) is 0 Å². The number of rotatable bonds is 15.